The van der Waals surface area contributed by atoms with E-state index in [1.165, 1.54) is 46.8 Å². The number of piperidine rings is 1. The molecule has 170 valence electrons. The third kappa shape index (κ3) is 4.78. The van der Waals surface area contributed by atoms with Gasteiger partial charge in [0.15, 0.2) is 11.6 Å². The molecule has 0 radical (unpaired) electrons. The Labute approximate surface area is 192 Å². The van der Waals surface area contributed by atoms with E-state index in [4.69, 9.17) is 11.6 Å². The molecule has 2 heterocycles. The molecular formula is C23H24ClFN2O4S. The van der Waals surface area contributed by atoms with Crippen molar-refractivity contribution in [2.24, 2.45) is 5.92 Å². The van der Waals surface area contributed by atoms with Gasteiger partial charge in [0.1, 0.15) is 5.82 Å². The summed E-state index contributed by atoms with van der Waals surface area (Å²) in [7, 11) is -3.73. The molecular weight excluding hydrogens is 455 g/mol. The van der Waals surface area contributed by atoms with E-state index in [1.54, 1.807) is 0 Å². The molecule has 0 N–H and O–H groups in total. The number of hydrogen-bond donors (Lipinski definition) is 0. The van der Waals surface area contributed by atoms with Gasteiger partial charge in [-0.1, -0.05) is 11.6 Å². The second-order valence-electron chi connectivity index (χ2n) is 8.24. The van der Waals surface area contributed by atoms with Crippen molar-refractivity contribution in [1.82, 2.24) is 9.21 Å². The summed E-state index contributed by atoms with van der Waals surface area (Å²) in [5, 5.41) is 0.335. The molecule has 0 saturated carbocycles. The maximum Gasteiger partial charge on any atom is 0.244 e. The van der Waals surface area contributed by atoms with Crippen LogP contribution in [0.2, 0.25) is 5.02 Å². The summed E-state index contributed by atoms with van der Waals surface area (Å²) in [5.41, 5.74) is 0.688. The molecule has 0 bridgehead atoms. The van der Waals surface area contributed by atoms with Gasteiger partial charge >= 0.3 is 0 Å². The van der Waals surface area contributed by atoms with Crippen molar-refractivity contribution in [2.45, 2.75) is 24.2 Å². The number of benzene rings is 2. The van der Waals surface area contributed by atoms with E-state index in [1.807, 2.05) is 0 Å². The number of carbonyl (C=O) groups is 2. The van der Waals surface area contributed by atoms with Gasteiger partial charge in [0.05, 0.1) is 11.4 Å². The zero-order chi connectivity index (χ0) is 22.9. The summed E-state index contributed by atoms with van der Waals surface area (Å²) < 4.78 is 40.1. The van der Waals surface area contributed by atoms with E-state index < -0.39 is 10.0 Å². The number of nitrogens with zero attached hydrogens (tertiary/aromatic N) is 2. The Morgan fingerprint density at radius 3 is 2.44 bits per heavy atom. The highest BCUT2D eigenvalue weighted by Gasteiger charge is 2.36. The Hall–Kier alpha value is -2.13. The third-order valence-electron chi connectivity index (χ3n) is 6.15. The fraction of sp³-hybridized carbons (Fsp3) is 0.391. The van der Waals surface area contributed by atoms with Crippen molar-refractivity contribution in [3.8, 4) is 0 Å². The summed E-state index contributed by atoms with van der Waals surface area (Å²) in [6.45, 7) is 2.24. The van der Waals surface area contributed by atoms with Gasteiger partial charge in [-0.05, 0) is 81.4 Å². The van der Waals surface area contributed by atoms with Crippen molar-refractivity contribution in [1.29, 1.82) is 0 Å². The van der Waals surface area contributed by atoms with Crippen LogP contribution in [0.3, 0.4) is 0 Å². The number of carbonyl (C=O) groups excluding carboxylic acids is 2. The zero-order valence-electron chi connectivity index (χ0n) is 17.5. The minimum absolute atomic E-state index is 0.0123. The van der Waals surface area contributed by atoms with Crippen LogP contribution in [-0.4, -0.2) is 61.9 Å². The van der Waals surface area contributed by atoms with E-state index in [0.29, 0.717) is 36.4 Å². The van der Waals surface area contributed by atoms with Crippen molar-refractivity contribution in [3.05, 3.63) is 64.4 Å². The first-order chi connectivity index (χ1) is 15.3. The lowest BCUT2D eigenvalue weighted by molar-refractivity contribution is 0.0838. The lowest BCUT2D eigenvalue weighted by atomic mass is 9.89. The Kier molecular flexibility index (Phi) is 6.76. The van der Waals surface area contributed by atoms with Crippen LogP contribution in [0.1, 0.15) is 40.0 Å². The van der Waals surface area contributed by atoms with E-state index >= 15 is 0 Å². The molecule has 0 unspecified atom stereocenters. The number of ketones is 2. The summed E-state index contributed by atoms with van der Waals surface area (Å²) in [6.07, 6.45) is 2.02. The van der Waals surface area contributed by atoms with Crippen molar-refractivity contribution >= 4 is 33.2 Å². The molecule has 2 aliphatic heterocycles. The highest BCUT2D eigenvalue weighted by molar-refractivity contribution is 7.89. The van der Waals surface area contributed by atoms with Crippen molar-refractivity contribution in [3.63, 3.8) is 0 Å². The molecule has 32 heavy (non-hydrogen) atoms. The van der Waals surface area contributed by atoms with Gasteiger partial charge < -0.3 is 4.90 Å². The van der Waals surface area contributed by atoms with Gasteiger partial charge in [0.2, 0.25) is 10.0 Å². The van der Waals surface area contributed by atoms with Crippen LogP contribution in [0, 0.1) is 11.7 Å². The van der Waals surface area contributed by atoms with Crippen LogP contribution >= 0.6 is 11.6 Å². The monoisotopic (exact) mass is 478 g/mol. The number of sulfonamides is 1. The van der Waals surface area contributed by atoms with Gasteiger partial charge in [-0.2, -0.15) is 4.31 Å². The Balaban J connectivity index is 1.28. The number of Topliss-reactive ketones (excluding diaryl/α,β-unsaturated/α-hetero) is 2. The molecule has 1 saturated heterocycles. The highest BCUT2D eigenvalue weighted by Crippen LogP contribution is 2.29. The second kappa shape index (κ2) is 9.39. The molecule has 2 aromatic carbocycles. The number of fused-ring (bicyclic) bond motifs is 1. The predicted octanol–water partition coefficient (Wildman–Crippen LogP) is 3.65. The van der Waals surface area contributed by atoms with Crippen LogP contribution in [0.5, 0.6) is 0 Å². The van der Waals surface area contributed by atoms with Crippen molar-refractivity contribution in [2.75, 3.05) is 32.7 Å². The van der Waals surface area contributed by atoms with E-state index in [-0.39, 0.29) is 46.9 Å². The summed E-state index contributed by atoms with van der Waals surface area (Å²) in [5.74, 6) is -0.653. The third-order valence-corrected chi connectivity index (χ3v) is 8.29. The molecule has 2 aliphatic rings. The number of halogens is 2. The van der Waals surface area contributed by atoms with Crippen LogP contribution in [0.4, 0.5) is 4.39 Å². The topological polar surface area (TPSA) is 74.8 Å². The first kappa shape index (κ1) is 23.0. The predicted molar refractivity (Wildman–Crippen MR) is 119 cm³/mol. The van der Waals surface area contributed by atoms with Crippen LogP contribution in [0.15, 0.2) is 47.4 Å². The van der Waals surface area contributed by atoms with E-state index in [9.17, 15) is 22.4 Å². The molecule has 0 spiro atoms. The molecule has 1 fully saturated rings. The van der Waals surface area contributed by atoms with Gasteiger partial charge in [0.25, 0.3) is 0 Å². The minimum atomic E-state index is -3.73. The lowest BCUT2D eigenvalue weighted by Crippen LogP contribution is -2.43. The van der Waals surface area contributed by atoms with Gasteiger partial charge in [-0.25, -0.2) is 12.8 Å². The molecule has 0 amide bonds. The Morgan fingerprint density at radius 1 is 1.06 bits per heavy atom. The molecule has 9 heteroatoms. The molecule has 0 atom stereocenters. The average molecular weight is 479 g/mol. The molecule has 2 aromatic rings. The standard InChI is InChI=1S/C23H24ClFN2O4S/c24-18-4-7-22-20(14-18)21(28)15-27(32(22,30)31)11-1-10-26-12-8-17(9-13-26)23(29)16-2-5-19(25)6-3-16/h2-7,14,17H,1,8-13,15H2. The Bertz CT molecular complexity index is 1130. The maximum atomic E-state index is 13.1. The fourth-order valence-corrected chi connectivity index (χ4v) is 6.15. The van der Waals surface area contributed by atoms with Crippen LogP contribution < -0.4 is 0 Å². The largest absolute Gasteiger partial charge is 0.303 e. The first-order valence-corrected chi connectivity index (χ1v) is 12.4. The quantitative estimate of drug-likeness (QED) is 0.592. The van der Waals surface area contributed by atoms with Gasteiger partial charge in [-0.15, -0.1) is 0 Å². The highest BCUT2D eigenvalue weighted by atomic mass is 35.5. The summed E-state index contributed by atoms with van der Waals surface area (Å²) in [6, 6.07) is 9.92. The normalized spacial score (nSPS) is 19.6. The zero-order valence-corrected chi connectivity index (χ0v) is 19.0. The van der Waals surface area contributed by atoms with Crippen LogP contribution in [0.25, 0.3) is 0 Å². The molecule has 0 aliphatic carbocycles. The Morgan fingerprint density at radius 2 is 1.75 bits per heavy atom. The minimum Gasteiger partial charge on any atom is -0.303 e. The van der Waals surface area contributed by atoms with E-state index in [0.717, 1.165) is 13.1 Å². The molecule has 6 nitrogen and oxygen atoms in total. The molecule has 0 aromatic heterocycles. The second-order valence-corrected chi connectivity index (χ2v) is 10.6. The summed E-state index contributed by atoms with van der Waals surface area (Å²) in [4.78, 5) is 27.2. The van der Waals surface area contributed by atoms with Crippen molar-refractivity contribution < 1.29 is 22.4 Å². The lowest BCUT2D eigenvalue weighted by Gasteiger charge is -2.32. The smallest absolute Gasteiger partial charge is 0.244 e. The number of likely N-dealkylation sites (tertiary alicyclic amines) is 1. The van der Waals surface area contributed by atoms with Crippen LogP contribution in [-0.2, 0) is 10.0 Å². The fourth-order valence-electron chi connectivity index (χ4n) is 4.35. The SMILES string of the molecule is O=C1CN(CCCN2CCC(C(=O)c3ccc(F)cc3)CC2)S(=O)(=O)c2ccc(Cl)cc21. The van der Waals surface area contributed by atoms with Gasteiger partial charge in [0, 0.05) is 28.6 Å². The first-order valence-electron chi connectivity index (χ1n) is 10.6. The average Bonchev–Trinajstić information content (AvgIpc) is 2.78. The van der Waals surface area contributed by atoms with E-state index in [2.05, 4.69) is 4.90 Å². The maximum absolute atomic E-state index is 13.1. The number of hydrogen-bond acceptors (Lipinski definition) is 5. The number of rotatable bonds is 6. The summed E-state index contributed by atoms with van der Waals surface area (Å²) >= 11 is 5.91. The molecule has 4 rings (SSSR count). The van der Waals surface area contributed by atoms with Gasteiger partial charge in [-0.3, -0.25) is 9.59 Å².